The van der Waals surface area contributed by atoms with Crippen LogP contribution < -0.4 is 0 Å². The zero-order valence-corrected chi connectivity index (χ0v) is 17.6. The van der Waals surface area contributed by atoms with E-state index in [4.69, 9.17) is 0 Å². The molecule has 0 unspecified atom stereocenters. The summed E-state index contributed by atoms with van der Waals surface area (Å²) >= 11 is 0. The molecule has 0 radical (unpaired) electrons. The second-order valence-electron chi connectivity index (χ2n) is 6.92. The average Bonchev–Trinajstić information content (AvgIpc) is 2.73. The molecule has 3 aromatic carbocycles. The highest BCUT2D eigenvalue weighted by molar-refractivity contribution is 7.86. The summed E-state index contributed by atoms with van der Waals surface area (Å²) in [6.07, 6.45) is 0. The maximum atomic E-state index is 12.0. The molecule has 0 fully saturated rings. The summed E-state index contributed by atoms with van der Waals surface area (Å²) in [4.78, 5) is 8.16. The molecule has 0 aromatic heterocycles. The molecule has 3 aromatic rings. The van der Waals surface area contributed by atoms with Crippen LogP contribution in [0.2, 0.25) is 0 Å². The lowest BCUT2D eigenvalue weighted by molar-refractivity contribution is 0.483. The molecule has 0 saturated heterocycles. The van der Waals surface area contributed by atoms with E-state index in [1.165, 1.54) is 6.07 Å². The Morgan fingerprint density at radius 1 is 0.844 bits per heavy atom. The van der Waals surface area contributed by atoms with E-state index in [1.807, 2.05) is 38.1 Å². The summed E-state index contributed by atoms with van der Waals surface area (Å²) in [5.74, 6) is 0. The van der Waals surface area contributed by atoms with E-state index < -0.39 is 10.1 Å². The van der Waals surface area contributed by atoms with Crippen LogP contribution in [0.25, 0.3) is 16.7 Å². The Balaban J connectivity index is 0.00000256. The van der Waals surface area contributed by atoms with Gasteiger partial charge in [0, 0.05) is 11.3 Å². The van der Waals surface area contributed by atoms with Gasteiger partial charge < -0.3 is 0 Å². The number of hydrogen-bond donors (Lipinski definition) is 1. The maximum absolute atomic E-state index is 12.0. The van der Waals surface area contributed by atoms with Crippen molar-refractivity contribution in [2.75, 3.05) is 0 Å². The molecule has 0 atom stereocenters. The first kappa shape index (κ1) is 26.7. The largest absolute Gasteiger partial charge is 0.295 e. The van der Waals surface area contributed by atoms with Gasteiger partial charge in [-0.05, 0) is 61.5 Å². The fraction of sp³-hybridized carbons (Fsp3) is 0.154. The summed E-state index contributed by atoms with van der Waals surface area (Å²) in [5.41, 5.74) is 5.76. The standard InChI is InChI=1S/C24H22N2O3S.2CH4/c1-16(2)18-5-7-19(8-6-18)17(3)26-22-13-14-23(24(15-22)30(27,28)29)20-9-11-21(25-4)12-10-20;;/h5-15H,1,4H2,2-3H3,(H,27,28,29);2*1H4. The molecule has 0 aliphatic heterocycles. The average molecular weight is 451 g/mol. The molecule has 0 saturated carbocycles. The van der Waals surface area contributed by atoms with E-state index in [-0.39, 0.29) is 19.7 Å². The molecule has 6 heteroatoms. The predicted octanol–water partition coefficient (Wildman–Crippen LogP) is 7.38. The van der Waals surface area contributed by atoms with Gasteiger partial charge in [-0.25, -0.2) is 0 Å². The Labute approximate surface area is 191 Å². The van der Waals surface area contributed by atoms with Crippen molar-refractivity contribution < 1.29 is 13.0 Å². The number of benzene rings is 3. The summed E-state index contributed by atoms with van der Waals surface area (Å²) in [6.45, 7) is 11.2. The van der Waals surface area contributed by atoms with Crippen LogP contribution in [-0.4, -0.2) is 25.4 Å². The quantitative estimate of drug-likeness (QED) is 0.314. The Hall–Kier alpha value is -3.35. The van der Waals surface area contributed by atoms with Crippen molar-refractivity contribution in [3.8, 4) is 11.1 Å². The molecule has 0 spiro atoms. The molecule has 1 N–H and O–H groups in total. The maximum Gasteiger partial charge on any atom is 0.295 e. The van der Waals surface area contributed by atoms with Crippen molar-refractivity contribution in [1.29, 1.82) is 0 Å². The minimum absolute atomic E-state index is 0. The van der Waals surface area contributed by atoms with Gasteiger partial charge in [-0.1, -0.05) is 69.5 Å². The first-order chi connectivity index (χ1) is 14.2. The van der Waals surface area contributed by atoms with Crippen LogP contribution in [0.15, 0.2) is 88.2 Å². The molecule has 168 valence electrons. The van der Waals surface area contributed by atoms with Crippen molar-refractivity contribution >= 4 is 39.5 Å². The molecular formula is C26H30N2O3S. The summed E-state index contributed by atoms with van der Waals surface area (Å²) in [5, 5.41) is 0. The van der Waals surface area contributed by atoms with Crippen molar-refractivity contribution in [2.24, 2.45) is 9.98 Å². The second-order valence-corrected chi connectivity index (χ2v) is 8.31. The minimum Gasteiger partial charge on any atom is -0.282 e. The summed E-state index contributed by atoms with van der Waals surface area (Å²) < 4.78 is 33.8. The van der Waals surface area contributed by atoms with Crippen LogP contribution in [0, 0.1) is 0 Å². The Morgan fingerprint density at radius 2 is 1.38 bits per heavy atom. The predicted molar refractivity (Wildman–Crippen MR) is 137 cm³/mol. The first-order valence-electron chi connectivity index (χ1n) is 9.19. The van der Waals surface area contributed by atoms with Crippen LogP contribution in [0.3, 0.4) is 0 Å². The molecule has 0 bridgehead atoms. The van der Waals surface area contributed by atoms with E-state index in [0.717, 1.165) is 22.4 Å². The Kier molecular flexibility index (Phi) is 9.00. The highest BCUT2D eigenvalue weighted by atomic mass is 32.2. The van der Waals surface area contributed by atoms with Gasteiger partial charge in [-0.15, -0.1) is 0 Å². The summed E-state index contributed by atoms with van der Waals surface area (Å²) in [6, 6.07) is 19.4. The van der Waals surface area contributed by atoms with Crippen LogP contribution in [-0.2, 0) is 10.1 Å². The fourth-order valence-corrected chi connectivity index (χ4v) is 3.77. The van der Waals surface area contributed by atoms with Crippen molar-refractivity contribution in [1.82, 2.24) is 0 Å². The minimum atomic E-state index is -4.45. The summed E-state index contributed by atoms with van der Waals surface area (Å²) in [7, 11) is -4.45. The highest BCUT2D eigenvalue weighted by Gasteiger charge is 2.17. The second kappa shape index (κ2) is 10.8. The number of nitrogens with zero attached hydrogens (tertiary/aromatic N) is 2. The number of rotatable bonds is 6. The van der Waals surface area contributed by atoms with Gasteiger partial charge in [0.25, 0.3) is 10.1 Å². The van der Waals surface area contributed by atoms with Crippen LogP contribution >= 0.6 is 0 Å². The molecule has 0 aliphatic carbocycles. The lowest BCUT2D eigenvalue weighted by atomic mass is 10.0. The van der Waals surface area contributed by atoms with Crippen LogP contribution in [0.1, 0.15) is 39.8 Å². The van der Waals surface area contributed by atoms with Gasteiger partial charge in [-0.2, -0.15) is 8.42 Å². The Bertz CT molecular complexity index is 1240. The van der Waals surface area contributed by atoms with E-state index in [2.05, 4.69) is 23.3 Å². The molecular weight excluding hydrogens is 420 g/mol. The van der Waals surface area contributed by atoms with Crippen molar-refractivity contribution in [2.45, 2.75) is 33.6 Å². The van der Waals surface area contributed by atoms with Gasteiger partial charge in [0.15, 0.2) is 0 Å². The highest BCUT2D eigenvalue weighted by Crippen LogP contribution is 2.32. The van der Waals surface area contributed by atoms with Gasteiger partial charge in [-0.3, -0.25) is 14.5 Å². The van der Waals surface area contributed by atoms with Gasteiger partial charge in [0.2, 0.25) is 0 Å². The molecule has 0 aliphatic rings. The normalized spacial score (nSPS) is 11.2. The lowest BCUT2D eigenvalue weighted by Gasteiger charge is -2.10. The molecule has 32 heavy (non-hydrogen) atoms. The van der Waals surface area contributed by atoms with E-state index in [1.54, 1.807) is 36.4 Å². The molecule has 0 amide bonds. The molecule has 5 nitrogen and oxygen atoms in total. The van der Waals surface area contributed by atoms with E-state index in [0.29, 0.717) is 22.5 Å². The number of allylic oxidation sites excluding steroid dienone is 1. The van der Waals surface area contributed by atoms with Gasteiger partial charge in [0.1, 0.15) is 4.90 Å². The first-order valence-corrected chi connectivity index (χ1v) is 10.6. The molecule has 0 heterocycles. The lowest BCUT2D eigenvalue weighted by Crippen LogP contribution is -2.01. The Morgan fingerprint density at radius 3 is 1.88 bits per heavy atom. The zero-order valence-electron chi connectivity index (χ0n) is 16.8. The van der Waals surface area contributed by atoms with Crippen LogP contribution in [0.5, 0.6) is 0 Å². The van der Waals surface area contributed by atoms with Gasteiger partial charge >= 0.3 is 0 Å². The van der Waals surface area contributed by atoms with Gasteiger partial charge in [0.05, 0.1) is 11.4 Å². The fourth-order valence-electron chi connectivity index (χ4n) is 3.03. The van der Waals surface area contributed by atoms with Crippen molar-refractivity contribution in [3.05, 3.63) is 84.4 Å². The number of aliphatic imine (C=N–C) groups is 2. The third-order valence-corrected chi connectivity index (χ3v) is 5.59. The molecule has 3 rings (SSSR count). The SMILES string of the molecule is C.C.C=Nc1ccc(-c2ccc(N=C(C)c3ccc(C(=C)C)cc3)cc2S(=O)(=O)O)cc1. The smallest absolute Gasteiger partial charge is 0.282 e. The third-order valence-electron chi connectivity index (χ3n) is 4.70. The monoisotopic (exact) mass is 450 g/mol. The van der Waals surface area contributed by atoms with Crippen molar-refractivity contribution in [3.63, 3.8) is 0 Å². The zero-order chi connectivity index (χ0) is 21.9. The number of hydrogen-bond acceptors (Lipinski definition) is 4. The topological polar surface area (TPSA) is 79.1 Å². The van der Waals surface area contributed by atoms with E-state index >= 15 is 0 Å². The van der Waals surface area contributed by atoms with Crippen LogP contribution in [0.4, 0.5) is 11.4 Å². The third kappa shape index (κ3) is 6.09. The van der Waals surface area contributed by atoms with E-state index in [9.17, 15) is 13.0 Å².